The lowest BCUT2D eigenvalue weighted by molar-refractivity contribution is 0.142. The van der Waals surface area contributed by atoms with Crippen LogP contribution in [0.25, 0.3) is 11.0 Å². The van der Waals surface area contributed by atoms with Crippen LogP contribution in [0.1, 0.15) is 30.4 Å². The van der Waals surface area contributed by atoms with Crippen LogP contribution in [0, 0.1) is 11.7 Å². The molecule has 0 saturated carbocycles. The number of aromatic amines is 1. The molecule has 5 rings (SSSR count). The van der Waals surface area contributed by atoms with E-state index in [1.165, 1.54) is 12.1 Å². The Kier molecular flexibility index (Phi) is 4.97. The number of para-hydroxylation sites is 2. The van der Waals surface area contributed by atoms with Crippen LogP contribution in [0.15, 0.2) is 53.3 Å². The second-order valence-corrected chi connectivity index (χ2v) is 8.30. The molecule has 0 amide bonds. The van der Waals surface area contributed by atoms with Crippen LogP contribution in [0.5, 0.6) is 0 Å². The number of fused-ring (bicyclic) bond motifs is 1. The van der Waals surface area contributed by atoms with Crippen LogP contribution in [0.4, 0.5) is 4.39 Å². The number of rotatable bonds is 4. The average Bonchev–Trinajstić information content (AvgIpc) is 3.33. The van der Waals surface area contributed by atoms with Crippen molar-refractivity contribution in [2.24, 2.45) is 5.92 Å². The molecule has 0 bridgehead atoms. The number of likely N-dealkylation sites (tertiary alicyclic amines) is 1. The molecule has 2 unspecified atom stereocenters. The molecule has 2 atom stereocenters. The van der Waals surface area contributed by atoms with Gasteiger partial charge in [-0.25, -0.2) is 9.18 Å². The maximum atomic E-state index is 13.3. The number of imidazole rings is 1. The van der Waals surface area contributed by atoms with Crippen molar-refractivity contribution in [1.29, 1.82) is 0 Å². The van der Waals surface area contributed by atoms with E-state index in [1.54, 1.807) is 0 Å². The van der Waals surface area contributed by atoms with Crippen molar-refractivity contribution >= 4 is 11.0 Å². The predicted molar refractivity (Wildman–Crippen MR) is 111 cm³/mol. The van der Waals surface area contributed by atoms with Gasteiger partial charge >= 0.3 is 5.69 Å². The van der Waals surface area contributed by atoms with Gasteiger partial charge in [0.15, 0.2) is 0 Å². The van der Waals surface area contributed by atoms with Crippen LogP contribution >= 0.6 is 0 Å². The van der Waals surface area contributed by atoms with E-state index in [0.717, 1.165) is 55.7 Å². The van der Waals surface area contributed by atoms with Crippen LogP contribution < -0.4 is 5.69 Å². The van der Waals surface area contributed by atoms with Crippen LogP contribution in [-0.4, -0.2) is 47.3 Å². The molecule has 2 aromatic carbocycles. The molecule has 1 aromatic heterocycles. The number of hydrogen-bond donors (Lipinski definition) is 1. The van der Waals surface area contributed by atoms with Gasteiger partial charge in [0.1, 0.15) is 5.82 Å². The summed E-state index contributed by atoms with van der Waals surface area (Å²) in [6, 6.07) is 15.0. The lowest BCUT2D eigenvalue weighted by Gasteiger charge is -2.34. The molecule has 3 aromatic rings. The smallest absolute Gasteiger partial charge is 0.326 e. The van der Waals surface area contributed by atoms with Gasteiger partial charge in [-0.2, -0.15) is 0 Å². The SMILES string of the molecule is O=c1[nH]c2ccccc2n1C1CCN(CC2COCC2c2ccc(F)cc2)CC1. The first kappa shape index (κ1) is 18.6. The molecule has 3 heterocycles. The fourth-order valence-electron chi connectivity index (χ4n) is 4.99. The molecule has 6 heteroatoms. The van der Waals surface area contributed by atoms with E-state index in [1.807, 2.05) is 41.0 Å². The summed E-state index contributed by atoms with van der Waals surface area (Å²) < 4.78 is 21.0. The number of hydrogen-bond acceptors (Lipinski definition) is 3. The van der Waals surface area contributed by atoms with Gasteiger partial charge in [-0.15, -0.1) is 0 Å². The van der Waals surface area contributed by atoms with Gasteiger partial charge in [0, 0.05) is 37.5 Å². The van der Waals surface area contributed by atoms with E-state index in [4.69, 9.17) is 4.74 Å². The van der Waals surface area contributed by atoms with Gasteiger partial charge in [0.25, 0.3) is 0 Å². The van der Waals surface area contributed by atoms with Crippen LogP contribution in [0.3, 0.4) is 0 Å². The number of H-pyrrole nitrogens is 1. The van der Waals surface area contributed by atoms with E-state index in [0.29, 0.717) is 18.4 Å². The summed E-state index contributed by atoms with van der Waals surface area (Å²) in [6.07, 6.45) is 1.94. The highest BCUT2D eigenvalue weighted by atomic mass is 19.1. The minimum absolute atomic E-state index is 0.00906. The minimum atomic E-state index is -0.196. The Labute approximate surface area is 169 Å². The normalized spacial score (nSPS) is 23.8. The van der Waals surface area contributed by atoms with Gasteiger partial charge in [-0.3, -0.25) is 4.57 Å². The summed E-state index contributed by atoms with van der Waals surface area (Å²) in [5, 5.41) is 0. The molecule has 29 heavy (non-hydrogen) atoms. The Bertz CT molecular complexity index is 1030. The third-order valence-corrected chi connectivity index (χ3v) is 6.54. The van der Waals surface area contributed by atoms with Crippen molar-refractivity contribution in [3.8, 4) is 0 Å². The average molecular weight is 395 g/mol. The lowest BCUT2D eigenvalue weighted by atomic mass is 9.88. The van der Waals surface area contributed by atoms with E-state index < -0.39 is 0 Å². The molecule has 5 nitrogen and oxygen atoms in total. The summed E-state index contributed by atoms with van der Waals surface area (Å²) in [4.78, 5) is 17.9. The molecule has 2 saturated heterocycles. The Morgan fingerprint density at radius 3 is 2.59 bits per heavy atom. The van der Waals surface area contributed by atoms with Crippen molar-refractivity contribution in [2.45, 2.75) is 24.8 Å². The maximum absolute atomic E-state index is 13.3. The Morgan fingerprint density at radius 1 is 1.03 bits per heavy atom. The molecule has 2 aliphatic heterocycles. The van der Waals surface area contributed by atoms with Crippen molar-refractivity contribution < 1.29 is 9.13 Å². The molecule has 2 aliphatic rings. The molecule has 2 fully saturated rings. The first-order chi connectivity index (χ1) is 14.2. The zero-order chi connectivity index (χ0) is 19.8. The summed E-state index contributed by atoms with van der Waals surface area (Å²) in [5.41, 5.74) is 3.06. The quantitative estimate of drug-likeness (QED) is 0.735. The zero-order valence-electron chi connectivity index (χ0n) is 16.4. The van der Waals surface area contributed by atoms with Crippen molar-refractivity contribution in [1.82, 2.24) is 14.5 Å². The topological polar surface area (TPSA) is 50.3 Å². The summed E-state index contributed by atoms with van der Waals surface area (Å²) >= 11 is 0. The second-order valence-electron chi connectivity index (χ2n) is 8.30. The van der Waals surface area contributed by atoms with Crippen molar-refractivity contribution in [2.75, 3.05) is 32.8 Å². The lowest BCUT2D eigenvalue weighted by Crippen LogP contribution is -2.40. The number of nitrogens with zero attached hydrogens (tertiary/aromatic N) is 2. The van der Waals surface area contributed by atoms with E-state index in [-0.39, 0.29) is 17.5 Å². The highest BCUT2D eigenvalue weighted by Gasteiger charge is 2.32. The largest absolute Gasteiger partial charge is 0.380 e. The van der Waals surface area contributed by atoms with E-state index in [9.17, 15) is 9.18 Å². The highest BCUT2D eigenvalue weighted by Crippen LogP contribution is 2.33. The number of piperidine rings is 1. The maximum Gasteiger partial charge on any atom is 0.326 e. The molecule has 0 radical (unpaired) electrons. The Morgan fingerprint density at radius 2 is 1.79 bits per heavy atom. The molecule has 152 valence electrons. The van der Waals surface area contributed by atoms with Gasteiger partial charge in [-0.1, -0.05) is 24.3 Å². The fraction of sp³-hybridized carbons (Fsp3) is 0.435. The highest BCUT2D eigenvalue weighted by molar-refractivity contribution is 5.75. The van der Waals surface area contributed by atoms with Crippen molar-refractivity contribution in [3.63, 3.8) is 0 Å². The first-order valence-corrected chi connectivity index (χ1v) is 10.4. The third kappa shape index (κ3) is 3.63. The van der Waals surface area contributed by atoms with Crippen LogP contribution in [0.2, 0.25) is 0 Å². The monoisotopic (exact) mass is 395 g/mol. The van der Waals surface area contributed by atoms with Crippen LogP contribution in [-0.2, 0) is 4.74 Å². The van der Waals surface area contributed by atoms with Gasteiger partial charge < -0.3 is 14.6 Å². The number of ether oxygens (including phenoxy) is 1. The van der Waals surface area contributed by atoms with E-state index in [2.05, 4.69) is 9.88 Å². The number of halogens is 1. The molecule has 0 aliphatic carbocycles. The molecular formula is C23H26FN3O2. The van der Waals surface area contributed by atoms with Gasteiger partial charge in [0.2, 0.25) is 0 Å². The van der Waals surface area contributed by atoms with Crippen molar-refractivity contribution in [3.05, 3.63) is 70.4 Å². The molecule has 0 spiro atoms. The van der Waals surface area contributed by atoms with E-state index >= 15 is 0 Å². The summed E-state index contributed by atoms with van der Waals surface area (Å²) in [7, 11) is 0. The number of benzene rings is 2. The Balaban J connectivity index is 1.24. The summed E-state index contributed by atoms with van der Waals surface area (Å²) in [5.74, 6) is 0.552. The summed E-state index contributed by atoms with van der Waals surface area (Å²) in [6.45, 7) is 4.39. The number of aromatic nitrogens is 2. The standard InChI is InChI=1S/C23H26FN3O2/c24-18-7-5-16(6-8-18)20-15-29-14-17(20)13-26-11-9-19(10-12-26)27-22-4-2-1-3-21(22)25-23(27)28/h1-8,17,19-20H,9-15H2,(H,25,28). The fourth-order valence-corrected chi connectivity index (χ4v) is 4.99. The Hall–Kier alpha value is -2.44. The third-order valence-electron chi connectivity index (χ3n) is 6.54. The number of nitrogens with one attached hydrogen (secondary N) is 1. The molecular weight excluding hydrogens is 369 g/mol. The van der Waals surface area contributed by atoms with Gasteiger partial charge in [-0.05, 0) is 42.7 Å². The minimum Gasteiger partial charge on any atom is -0.380 e. The first-order valence-electron chi connectivity index (χ1n) is 10.4. The zero-order valence-corrected chi connectivity index (χ0v) is 16.4. The molecule has 1 N–H and O–H groups in total. The predicted octanol–water partition coefficient (Wildman–Crippen LogP) is 3.54. The second kappa shape index (κ2) is 7.76. The van der Waals surface area contributed by atoms with Gasteiger partial charge in [0.05, 0.1) is 24.2 Å².